The third-order valence-corrected chi connectivity index (χ3v) is 5.66. The van der Waals surface area contributed by atoms with E-state index in [0.29, 0.717) is 19.0 Å². The van der Waals surface area contributed by atoms with Crippen LogP contribution in [0.25, 0.3) is 0 Å². The Kier molecular flexibility index (Phi) is 10.4. The van der Waals surface area contributed by atoms with Gasteiger partial charge in [0.25, 0.3) is 0 Å². The summed E-state index contributed by atoms with van der Waals surface area (Å²) in [6, 6.07) is 14.6. The molecule has 2 aromatic carbocycles. The Bertz CT molecular complexity index is 885. The summed E-state index contributed by atoms with van der Waals surface area (Å²) in [7, 11) is 1.75. The Morgan fingerprint density at radius 1 is 1.07 bits per heavy atom. The summed E-state index contributed by atoms with van der Waals surface area (Å²) in [5.41, 5.74) is 2.13. The number of benzene rings is 2. The van der Waals surface area contributed by atoms with Crippen LogP contribution in [-0.4, -0.2) is 53.6 Å². The molecule has 0 bridgehead atoms. The van der Waals surface area contributed by atoms with Crippen LogP contribution in [0.4, 0.5) is 0 Å². The van der Waals surface area contributed by atoms with E-state index in [1.165, 1.54) is 0 Å². The number of aryl methyl sites for hydroxylation is 1. The monoisotopic (exact) mass is 532 g/mol. The van der Waals surface area contributed by atoms with Gasteiger partial charge >= 0.3 is 0 Å². The molecular formula is C20H29IN4O3S. The lowest BCUT2D eigenvalue weighted by Gasteiger charge is -2.22. The number of sulfonamides is 1. The first-order chi connectivity index (χ1) is 13.4. The Morgan fingerprint density at radius 3 is 2.24 bits per heavy atom. The Balaban J connectivity index is 0.00000420. The minimum Gasteiger partial charge on any atom is -0.497 e. The van der Waals surface area contributed by atoms with Crippen molar-refractivity contribution in [1.29, 1.82) is 0 Å². The van der Waals surface area contributed by atoms with E-state index >= 15 is 0 Å². The molecule has 0 aliphatic rings. The summed E-state index contributed by atoms with van der Waals surface area (Å²) in [4.78, 5) is 6.48. The molecule has 0 aliphatic carbocycles. The fraction of sp³-hybridized carbons (Fsp3) is 0.350. The second-order valence-electron chi connectivity index (χ2n) is 6.39. The molecule has 0 aliphatic heterocycles. The number of guanidine groups is 1. The number of halogens is 1. The number of aliphatic imine (C=N–C) groups is 1. The summed E-state index contributed by atoms with van der Waals surface area (Å²) in [6.45, 7) is 3.26. The van der Waals surface area contributed by atoms with Crippen LogP contribution in [0.3, 0.4) is 0 Å². The Labute approximate surface area is 190 Å². The van der Waals surface area contributed by atoms with Crippen LogP contribution in [0.2, 0.25) is 0 Å². The maximum atomic E-state index is 12.3. The van der Waals surface area contributed by atoms with Gasteiger partial charge in [-0.25, -0.2) is 13.1 Å². The molecule has 7 nitrogen and oxygen atoms in total. The van der Waals surface area contributed by atoms with Crippen molar-refractivity contribution in [3.05, 3.63) is 59.7 Å². The zero-order chi connectivity index (χ0) is 20.6. The van der Waals surface area contributed by atoms with Crippen molar-refractivity contribution >= 4 is 40.0 Å². The van der Waals surface area contributed by atoms with Gasteiger partial charge < -0.3 is 15.0 Å². The molecule has 0 heterocycles. The number of hydrogen-bond acceptors (Lipinski definition) is 4. The molecule has 29 heavy (non-hydrogen) atoms. The zero-order valence-electron chi connectivity index (χ0n) is 17.2. The molecule has 9 heteroatoms. The predicted octanol–water partition coefficient (Wildman–Crippen LogP) is 2.61. The molecule has 0 amide bonds. The molecule has 160 valence electrons. The van der Waals surface area contributed by atoms with Crippen molar-refractivity contribution in [2.24, 2.45) is 4.99 Å². The lowest BCUT2D eigenvalue weighted by Crippen LogP contribution is -2.42. The fourth-order valence-electron chi connectivity index (χ4n) is 2.62. The maximum absolute atomic E-state index is 12.3. The van der Waals surface area contributed by atoms with Crippen molar-refractivity contribution in [3.8, 4) is 5.75 Å². The van der Waals surface area contributed by atoms with Gasteiger partial charge in [0.2, 0.25) is 10.0 Å². The van der Waals surface area contributed by atoms with E-state index in [1.54, 1.807) is 38.4 Å². The van der Waals surface area contributed by atoms with Gasteiger partial charge in [0.15, 0.2) is 5.96 Å². The topological polar surface area (TPSA) is 83.0 Å². The highest BCUT2D eigenvalue weighted by Gasteiger charge is 2.13. The van der Waals surface area contributed by atoms with Gasteiger partial charge in [0.1, 0.15) is 5.75 Å². The molecule has 0 saturated carbocycles. The summed E-state index contributed by atoms with van der Waals surface area (Å²) >= 11 is 0. The summed E-state index contributed by atoms with van der Waals surface area (Å²) in [5, 5.41) is 3.17. The minimum atomic E-state index is -3.51. The first-order valence-electron chi connectivity index (χ1n) is 8.97. The van der Waals surface area contributed by atoms with Gasteiger partial charge in [-0.05, 0) is 36.8 Å². The van der Waals surface area contributed by atoms with Crippen LogP contribution in [0.1, 0.15) is 11.1 Å². The standard InChI is InChI=1S/C20H28N4O3S.HI/c1-16-5-11-19(12-6-16)28(25,26)23-14-13-22-20(21-2)24(3)15-17-7-9-18(27-4)10-8-17;/h5-12,23H,13-15H2,1-4H3,(H,21,22);1H. The highest BCUT2D eigenvalue weighted by atomic mass is 127. The molecular weight excluding hydrogens is 503 g/mol. The van der Waals surface area contributed by atoms with Gasteiger partial charge in [0.05, 0.1) is 12.0 Å². The van der Waals surface area contributed by atoms with Gasteiger partial charge in [0, 0.05) is 33.7 Å². The smallest absolute Gasteiger partial charge is 0.240 e. The lowest BCUT2D eigenvalue weighted by molar-refractivity contribution is 0.414. The van der Waals surface area contributed by atoms with E-state index in [4.69, 9.17) is 4.74 Å². The first-order valence-corrected chi connectivity index (χ1v) is 10.4. The van der Waals surface area contributed by atoms with E-state index in [0.717, 1.165) is 16.9 Å². The van der Waals surface area contributed by atoms with Crippen molar-refractivity contribution in [2.75, 3.05) is 34.3 Å². The second kappa shape index (κ2) is 12.0. The van der Waals surface area contributed by atoms with E-state index in [2.05, 4.69) is 15.0 Å². The van der Waals surface area contributed by atoms with Crippen molar-refractivity contribution in [3.63, 3.8) is 0 Å². The lowest BCUT2D eigenvalue weighted by atomic mass is 10.2. The molecule has 0 unspecified atom stereocenters. The van der Waals surface area contributed by atoms with Crippen molar-refractivity contribution in [2.45, 2.75) is 18.4 Å². The van der Waals surface area contributed by atoms with Crippen LogP contribution in [0, 0.1) is 6.92 Å². The molecule has 0 atom stereocenters. The predicted molar refractivity (Wildman–Crippen MR) is 128 cm³/mol. The largest absolute Gasteiger partial charge is 0.497 e. The molecule has 0 aromatic heterocycles. The SMILES string of the molecule is CN=C(NCCNS(=O)(=O)c1ccc(C)cc1)N(C)Cc1ccc(OC)cc1.I. The van der Waals surface area contributed by atoms with E-state index in [9.17, 15) is 8.42 Å². The molecule has 2 N–H and O–H groups in total. The maximum Gasteiger partial charge on any atom is 0.240 e. The van der Waals surface area contributed by atoms with Crippen LogP contribution in [-0.2, 0) is 16.6 Å². The third-order valence-electron chi connectivity index (χ3n) is 4.18. The van der Waals surface area contributed by atoms with Gasteiger partial charge in [-0.15, -0.1) is 24.0 Å². The van der Waals surface area contributed by atoms with Gasteiger partial charge in [-0.1, -0.05) is 29.8 Å². The average Bonchev–Trinajstić information content (AvgIpc) is 2.69. The van der Waals surface area contributed by atoms with E-state index in [1.807, 2.05) is 43.1 Å². The second-order valence-corrected chi connectivity index (χ2v) is 8.16. The van der Waals surface area contributed by atoms with Crippen LogP contribution in [0.15, 0.2) is 58.4 Å². The quantitative estimate of drug-likeness (QED) is 0.237. The fourth-order valence-corrected chi connectivity index (χ4v) is 3.66. The number of ether oxygens (including phenoxy) is 1. The first kappa shape index (κ1) is 25.2. The van der Waals surface area contributed by atoms with Crippen LogP contribution in [0.5, 0.6) is 5.75 Å². The highest BCUT2D eigenvalue weighted by Crippen LogP contribution is 2.12. The highest BCUT2D eigenvalue weighted by molar-refractivity contribution is 14.0. The third kappa shape index (κ3) is 7.82. The Hall–Kier alpha value is -1.85. The molecule has 0 radical (unpaired) electrons. The summed E-state index contributed by atoms with van der Waals surface area (Å²) in [5.74, 6) is 1.50. The number of methoxy groups -OCH3 is 1. The van der Waals surface area contributed by atoms with Gasteiger partial charge in [-0.3, -0.25) is 4.99 Å². The van der Waals surface area contributed by atoms with Crippen molar-refractivity contribution < 1.29 is 13.2 Å². The van der Waals surface area contributed by atoms with Gasteiger partial charge in [-0.2, -0.15) is 0 Å². The molecule has 0 spiro atoms. The number of nitrogens with one attached hydrogen (secondary N) is 2. The van der Waals surface area contributed by atoms with Crippen molar-refractivity contribution in [1.82, 2.24) is 14.9 Å². The summed E-state index contributed by atoms with van der Waals surface area (Å²) < 4.78 is 32.4. The molecule has 0 fully saturated rings. The molecule has 2 rings (SSSR count). The minimum absolute atomic E-state index is 0. The van der Waals surface area contributed by atoms with E-state index in [-0.39, 0.29) is 35.4 Å². The molecule has 2 aromatic rings. The average molecular weight is 532 g/mol. The number of rotatable bonds is 8. The zero-order valence-corrected chi connectivity index (χ0v) is 20.3. The summed E-state index contributed by atoms with van der Waals surface area (Å²) in [6.07, 6.45) is 0. The normalized spacial score (nSPS) is 11.5. The Morgan fingerprint density at radius 2 is 1.69 bits per heavy atom. The van der Waals surface area contributed by atoms with Crippen LogP contribution >= 0.6 is 24.0 Å². The van der Waals surface area contributed by atoms with Crippen LogP contribution < -0.4 is 14.8 Å². The molecule has 0 saturated heterocycles. The van der Waals surface area contributed by atoms with E-state index < -0.39 is 10.0 Å². The number of nitrogens with zero attached hydrogens (tertiary/aromatic N) is 2. The number of hydrogen-bond donors (Lipinski definition) is 2.